The maximum atomic E-state index is 12.7. The molecule has 0 aromatic heterocycles. The Kier molecular flexibility index (Phi) is 13.7. The average molecular weight is 483 g/mol. The lowest BCUT2D eigenvalue weighted by Gasteiger charge is -2.21. The van der Waals surface area contributed by atoms with Gasteiger partial charge < -0.3 is 20.2 Å². The van der Waals surface area contributed by atoms with E-state index in [1.807, 2.05) is 65.0 Å². The highest BCUT2D eigenvalue weighted by Gasteiger charge is 2.23. The minimum Gasteiger partial charge on any atom is -0.364 e. The van der Waals surface area contributed by atoms with Gasteiger partial charge in [0.1, 0.15) is 12.4 Å². The first-order chi connectivity index (χ1) is 15.1. The predicted octanol–water partition coefficient (Wildman–Crippen LogP) is 4.24. The Balaban J connectivity index is 2.37. The summed E-state index contributed by atoms with van der Waals surface area (Å²) in [6.45, 7) is 11.1. The van der Waals surface area contributed by atoms with E-state index in [9.17, 15) is 14.4 Å². The minimum absolute atomic E-state index is 0.0282. The van der Waals surface area contributed by atoms with E-state index < -0.39 is 12.1 Å². The third-order valence-electron chi connectivity index (χ3n) is 4.29. The van der Waals surface area contributed by atoms with Gasteiger partial charge in [-0.05, 0) is 23.3 Å². The van der Waals surface area contributed by atoms with Crippen molar-refractivity contribution in [2.24, 2.45) is 11.3 Å². The summed E-state index contributed by atoms with van der Waals surface area (Å²) >= 11 is 0. The molecule has 8 heteroatoms. The molecule has 6 nitrogen and oxygen atoms in total. The zero-order chi connectivity index (χ0) is 24.0. The van der Waals surface area contributed by atoms with Crippen LogP contribution in [0.3, 0.4) is 0 Å². The minimum atomic E-state index is -0.603. The Hall–Kier alpha value is -1.51. The van der Waals surface area contributed by atoms with E-state index in [-0.39, 0.29) is 23.1 Å². The molecular weight excluding hydrogens is 444 g/mol. The van der Waals surface area contributed by atoms with E-state index in [0.717, 1.165) is 17.6 Å². The van der Waals surface area contributed by atoms with Crippen LogP contribution in [-0.4, -0.2) is 48.3 Å². The number of rotatable bonds is 15. The number of amides is 2. The van der Waals surface area contributed by atoms with Gasteiger partial charge in [0.2, 0.25) is 11.8 Å². The zero-order valence-corrected chi connectivity index (χ0v) is 21.5. The summed E-state index contributed by atoms with van der Waals surface area (Å²) < 4.78 is 5.88. The third-order valence-corrected chi connectivity index (χ3v) is 6.73. The standard InChI is InChI=1S/C24H38N2O4S2/c1-18(2)13-21(30-16-19-9-7-6-8-10-19)23(29)26-20(15-27)17-32-31-12-11-25-22(28)14-24(3,4)5/h6-10,15,18,20-21H,11-14,16-17H2,1-5H3,(H,25,28)(H,26,29)/t20-,21+/m1/s1. The van der Waals surface area contributed by atoms with E-state index in [0.29, 0.717) is 31.7 Å². The summed E-state index contributed by atoms with van der Waals surface area (Å²) in [5, 5.41) is 5.71. The Bertz CT molecular complexity index is 693. The first kappa shape index (κ1) is 28.5. The monoisotopic (exact) mass is 482 g/mol. The van der Waals surface area contributed by atoms with Gasteiger partial charge in [0.05, 0.1) is 12.6 Å². The van der Waals surface area contributed by atoms with Crippen LogP contribution >= 0.6 is 21.6 Å². The summed E-state index contributed by atoms with van der Waals surface area (Å²) in [6.07, 6.45) is 1.24. The van der Waals surface area contributed by atoms with E-state index in [2.05, 4.69) is 10.6 Å². The fourth-order valence-corrected chi connectivity index (χ4v) is 4.84. The molecule has 0 unspecified atom stereocenters. The third kappa shape index (κ3) is 13.8. The van der Waals surface area contributed by atoms with Gasteiger partial charge in [0, 0.05) is 24.5 Å². The molecule has 0 saturated carbocycles. The van der Waals surface area contributed by atoms with Crippen molar-refractivity contribution in [3.05, 3.63) is 35.9 Å². The van der Waals surface area contributed by atoms with Crippen LogP contribution in [0.15, 0.2) is 30.3 Å². The largest absolute Gasteiger partial charge is 0.364 e. The maximum absolute atomic E-state index is 12.7. The maximum Gasteiger partial charge on any atom is 0.249 e. The number of aldehydes is 1. The van der Waals surface area contributed by atoms with Gasteiger partial charge in [-0.25, -0.2) is 0 Å². The summed E-state index contributed by atoms with van der Waals surface area (Å²) in [5.41, 5.74) is 0.974. The molecule has 0 spiro atoms. The van der Waals surface area contributed by atoms with Gasteiger partial charge in [-0.3, -0.25) is 9.59 Å². The Labute approximate surface area is 200 Å². The molecule has 0 heterocycles. The number of carbonyl (C=O) groups excluding carboxylic acids is 3. The molecule has 1 rings (SSSR count). The van der Waals surface area contributed by atoms with Gasteiger partial charge in [-0.2, -0.15) is 0 Å². The Morgan fingerprint density at radius 2 is 1.81 bits per heavy atom. The highest BCUT2D eigenvalue weighted by Crippen LogP contribution is 2.22. The molecule has 2 N–H and O–H groups in total. The molecule has 1 aromatic rings. The van der Waals surface area contributed by atoms with Crippen LogP contribution in [0.1, 0.15) is 53.0 Å². The van der Waals surface area contributed by atoms with Crippen LogP contribution in [0.5, 0.6) is 0 Å². The van der Waals surface area contributed by atoms with Crippen molar-refractivity contribution < 1.29 is 19.1 Å². The topological polar surface area (TPSA) is 84.5 Å². The van der Waals surface area contributed by atoms with Crippen LogP contribution in [0.25, 0.3) is 0 Å². The van der Waals surface area contributed by atoms with Crippen molar-refractivity contribution in [2.45, 2.75) is 66.2 Å². The number of carbonyl (C=O) groups is 3. The van der Waals surface area contributed by atoms with Crippen LogP contribution < -0.4 is 10.6 Å². The normalized spacial score (nSPS) is 13.4. The summed E-state index contributed by atoms with van der Waals surface area (Å²) in [5.74, 6) is 1.27. The summed E-state index contributed by atoms with van der Waals surface area (Å²) in [7, 11) is 3.08. The molecule has 2 atom stereocenters. The number of ether oxygens (including phenoxy) is 1. The van der Waals surface area contributed by atoms with Crippen molar-refractivity contribution in [2.75, 3.05) is 18.1 Å². The van der Waals surface area contributed by atoms with Gasteiger partial charge in [0.15, 0.2) is 0 Å². The van der Waals surface area contributed by atoms with E-state index in [4.69, 9.17) is 4.74 Å². The van der Waals surface area contributed by atoms with E-state index in [1.54, 1.807) is 10.8 Å². The van der Waals surface area contributed by atoms with Crippen molar-refractivity contribution in [3.8, 4) is 0 Å². The van der Waals surface area contributed by atoms with Gasteiger partial charge in [0.25, 0.3) is 0 Å². The first-order valence-corrected chi connectivity index (χ1v) is 13.5. The molecule has 0 bridgehead atoms. The zero-order valence-electron chi connectivity index (χ0n) is 19.9. The number of hydrogen-bond acceptors (Lipinski definition) is 6. The molecule has 180 valence electrons. The smallest absolute Gasteiger partial charge is 0.249 e. The van der Waals surface area contributed by atoms with Crippen molar-refractivity contribution in [1.82, 2.24) is 10.6 Å². The number of nitrogens with one attached hydrogen (secondary N) is 2. The van der Waals surface area contributed by atoms with Gasteiger partial charge in [-0.15, -0.1) is 0 Å². The SMILES string of the molecule is CC(C)C[C@H](OCc1ccccc1)C(=O)N[C@H](C=O)CSSCCNC(=O)CC(C)(C)C. The summed E-state index contributed by atoms with van der Waals surface area (Å²) in [6, 6.07) is 9.14. The van der Waals surface area contributed by atoms with Crippen LogP contribution in [0.4, 0.5) is 0 Å². The Morgan fingerprint density at radius 3 is 2.41 bits per heavy atom. The fourth-order valence-electron chi connectivity index (χ4n) is 2.80. The number of benzene rings is 1. The van der Waals surface area contributed by atoms with Crippen molar-refractivity contribution in [1.29, 1.82) is 0 Å². The average Bonchev–Trinajstić information content (AvgIpc) is 2.71. The van der Waals surface area contributed by atoms with Crippen molar-refractivity contribution >= 4 is 39.7 Å². The summed E-state index contributed by atoms with van der Waals surface area (Å²) in [4.78, 5) is 36.0. The fraction of sp³-hybridized carbons (Fsp3) is 0.625. The molecule has 0 aliphatic heterocycles. The highest BCUT2D eigenvalue weighted by atomic mass is 33.1. The molecule has 1 aromatic carbocycles. The molecular formula is C24H38N2O4S2. The van der Waals surface area contributed by atoms with Crippen LogP contribution in [0, 0.1) is 11.3 Å². The second kappa shape index (κ2) is 15.3. The number of hydrogen-bond donors (Lipinski definition) is 2. The molecule has 0 fully saturated rings. The molecule has 2 amide bonds. The molecule has 0 aliphatic rings. The predicted molar refractivity (Wildman–Crippen MR) is 134 cm³/mol. The van der Waals surface area contributed by atoms with Gasteiger partial charge >= 0.3 is 0 Å². The molecule has 32 heavy (non-hydrogen) atoms. The van der Waals surface area contributed by atoms with Crippen LogP contribution in [-0.2, 0) is 25.7 Å². The lowest BCUT2D eigenvalue weighted by atomic mass is 9.92. The van der Waals surface area contributed by atoms with E-state index in [1.165, 1.54) is 10.8 Å². The van der Waals surface area contributed by atoms with Gasteiger partial charge in [-0.1, -0.05) is 86.5 Å². The Morgan fingerprint density at radius 1 is 1.12 bits per heavy atom. The molecule has 0 aliphatic carbocycles. The lowest BCUT2D eigenvalue weighted by Crippen LogP contribution is -2.44. The van der Waals surface area contributed by atoms with Crippen LogP contribution in [0.2, 0.25) is 0 Å². The lowest BCUT2D eigenvalue weighted by molar-refractivity contribution is -0.136. The molecule has 0 radical (unpaired) electrons. The molecule has 0 saturated heterocycles. The second-order valence-corrected chi connectivity index (χ2v) is 12.0. The van der Waals surface area contributed by atoms with E-state index >= 15 is 0 Å². The first-order valence-electron chi connectivity index (χ1n) is 11.0. The second-order valence-electron chi connectivity index (χ2n) is 9.36. The quantitative estimate of drug-likeness (QED) is 0.221. The highest BCUT2D eigenvalue weighted by molar-refractivity contribution is 8.76. The van der Waals surface area contributed by atoms with Crippen molar-refractivity contribution in [3.63, 3.8) is 0 Å².